The lowest BCUT2D eigenvalue weighted by Gasteiger charge is -2.18. The van der Waals surface area contributed by atoms with E-state index in [0.29, 0.717) is 18.5 Å². The lowest BCUT2D eigenvalue weighted by atomic mass is 10.1. The first-order valence-electron chi connectivity index (χ1n) is 38.6. The summed E-state index contributed by atoms with van der Waals surface area (Å²) in [6.07, 6.45) is 40.7. The molecule has 0 aliphatic carbocycles. The van der Waals surface area contributed by atoms with Gasteiger partial charge in [-0.25, -0.2) is 9.07 Å². The van der Waals surface area contributed by atoms with E-state index in [4.69, 9.17) is 56.2 Å². The zero-order valence-electron chi connectivity index (χ0n) is 73.6. The van der Waals surface area contributed by atoms with Crippen molar-refractivity contribution in [1.82, 2.24) is 98.4 Å². The number of aryl methyl sites for hydroxylation is 1. The third-order valence-corrected chi connectivity index (χ3v) is 19.7. The van der Waals surface area contributed by atoms with E-state index in [2.05, 4.69) is 131 Å². The van der Waals surface area contributed by atoms with Crippen LogP contribution >= 0.6 is 43.2 Å². The Labute approximate surface area is 763 Å². The molecule has 15 N–H and O–H groups in total. The van der Waals surface area contributed by atoms with Gasteiger partial charge < -0.3 is 74.6 Å². The predicted molar refractivity (Wildman–Crippen MR) is 480 cm³/mol. The van der Waals surface area contributed by atoms with Gasteiger partial charge in [0.2, 0.25) is 94.5 Å². The minimum Gasteiger partial charge on any atom is -0.480 e. The van der Waals surface area contributed by atoms with Gasteiger partial charge in [-0.15, -0.1) is 79.2 Å². The van der Waals surface area contributed by atoms with Gasteiger partial charge in [0.25, 0.3) is 11.8 Å². The number of azide groups is 1. The van der Waals surface area contributed by atoms with E-state index in [1.165, 1.54) is 81.4 Å². The van der Waals surface area contributed by atoms with E-state index >= 15 is 0 Å². The number of alkyl halides is 2. The molecule has 128 heavy (non-hydrogen) atoms. The lowest BCUT2D eigenvalue weighted by molar-refractivity contribution is -0.140. The summed E-state index contributed by atoms with van der Waals surface area (Å²) >= 11 is 7.97. The molecule has 5 heterocycles. The van der Waals surface area contributed by atoms with Gasteiger partial charge in [-0.05, 0) is 46.4 Å². The first-order valence-corrected chi connectivity index (χ1v) is 43.5. The molecule has 43 nitrogen and oxygen atoms in total. The number of hydrogen-bond donors (Lipinski definition) is 14. The van der Waals surface area contributed by atoms with Crippen LogP contribution < -0.4 is 69.5 Å². The number of terminal acetylenes is 6. The molecule has 702 valence electrons. The van der Waals surface area contributed by atoms with E-state index in [1.54, 1.807) is 39.9 Å². The molecule has 3 saturated heterocycles. The molecule has 0 saturated carbocycles. The van der Waals surface area contributed by atoms with Crippen molar-refractivity contribution in [2.75, 3.05) is 121 Å². The Morgan fingerprint density at radius 2 is 0.812 bits per heavy atom. The van der Waals surface area contributed by atoms with Crippen LogP contribution in [0.5, 0.6) is 0 Å². The van der Waals surface area contributed by atoms with Crippen molar-refractivity contribution >= 4 is 167 Å². The smallest absolute Gasteiger partial charge is 0.321 e. The Bertz CT molecular complexity index is 4190. The summed E-state index contributed by atoms with van der Waals surface area (Å²) < 4.78 is 30.6. The molecule has 0 radical (unpaired) electrons. The average molecular weight is 1890 g/mol. The van der Waals surface area contributed by atoms with E-state index in [9.17, 15) is 99.9 Å². The van der Waals surface area contributed by atoms with Gasteiger partial charge in [0, 0.05) is 182 Å². The number of hydrogen-bond acceptors (Lipinski definition) is 29. The van der Waals surface area contributed by atoms with E-state index in [-0.39, 0.29) is 200 Å². The molecule has 0 spiro atoms. The molecule has 0 bridgehead atoms. The standard InChI is InChI=1S/C16H23FN6O4S.2C14H19N3O4S.C13H15N3O4.C7H12N2O.C6H10N2O.C6H9NO2.C2H4FN3.HPS/c1-18-15(26)11(7-10-9-22(6-4-17)21-20-10)19-13(24)3-5-23-14(25)8-12(28-2)16(23)27;2*1-4-5-9(13(20)15-2)16-11(18)6-7-17-12(19)8-10(22-3)14(17)21;1-3-4-9(13(20)14-2)15-10(17)7-8-16-11(18)5-6-12(16)19;1-4-5-6(8-2)7(10)9-3;1-3-4-5(7)6(9)8-2;1-3-4-5(7-2)6(8)9;3-1-2-5-6-4;1-2/h9,11-12H,3-8H2,1-2H3,(H,18,26)(H,19,24);2*1,9-10H,5-8H2,2-3H3,(H,15,20)(H,16,18);1,5-6,9H,4,7-8H2,2H3,(H,14,20)(H,15,17);1,6,8H,5H2,2-3H3,(H,9,10);1,5H,4,7H2,2H3,(H,8,9);1,5,7H,4H2,2H3,(H,8,9);1-2H2;1H/t11-,12?;2*9-,10?;9-;6-;2*5-;;/m0000000../s1/i17-1;;;;;;;3-1;1T. The van der Waals surface area contributed by atoms with E-state index in [1.807, 2.05) is 0 Å². The van der Waals surface area contributed by atoms with Crippen molar-refractivity contribution in [3.05, 3.63) is 34.5 Å². The van der Waals surface area contributed by atoms with Crippen LogP contribution in [0.1, 0.15) is 89.2 Å². The second-order valence-corrected chi connectivity index (χ2v) is 28.5. The highest BCUT2D eigenvalue weighted by Gasteiger charge is 2.41. The van der Waals surface area contributed by atoms with Gasteiger partial charge in [-0.2, -0.15) is 35.3 Å². The molecule has 1 aromatic heterocycles. The number of carboxylic acids is 1. The maximum Gasteiger partial charge on any atom is 0.321 e. The molecule has 5 rings (SSSR count). The molecule has 50 heteroatoms. The predicted octanol–water partition coefficient (Wildman–Crippen LogP) is -4.33. The zero-order chi connectivity index (χ0) is 99.3. The number of rotatable bonds is 40. The number of nitrogens with one attached hydrogen (secondary N) is 12. The van der Waals surface area contributed by atoms with Crippen molar-refractivity contribution in [1.29, 1.82) is 1.28 Å². The fraction of sp³-hybridized carbons (Fsp3) is 0.551. The normalized spacial score (nSPS) is 15.7. The van der Waals surface area contributed by atoms with Crippen LogP contribution in [0.15, 0.2) is 23.5 Å². The third kappa shape index (κ3) is 48.9. The number of carbonyl (C=O) groups is 19. The third-order valence-electron chi connectivity index (χ3n) is 16.9. The maximum absolute atomic E-state index is 12.4. The SMILES string of the molecule is C#CC[C@H](N)C(=O)NC.C#CC[C@H](NC(=O)CCN1C(=O)C=CC1=O)C(=O)NC.C#CC[C@H](NC(=O)CCN1C(=O)CC(SC)C1=O)C(=O)NC.C#CC[C@H](NC(=O)CCN1C(=O)CC(SC)C1=O)C(=O)NC.C#CC[C@H](NC)C(=O)NC.C#CC[C@H](NC)C(=O)O.CNC(=O)[C@H](Cc1cn(CC[18F])nn1)NC(=O)CCN1C(=O)CC(SC)C1=O.[3H]P=S.[N-]=[N+]=NCC[18F]. The summed E-state index contributed by atoms with van der Waals surface area (Å²) in [6.45, 7) is -1.20. The van der Waals surface area contributed by atoms with Crippen molar-refractivity contribution in [2.45, 2.75) is 154 Å². The van der Waals surface area contributed by atoms with Gasteiger partial charge in [0.05, 0.1) is 53.3 Å². The van der Waals surface area contributed by atoms with Gasteiger partial charge in [-0.1, -0.05) is 22.1 Å². The van der Waals surface area contributed by atoms with Crippen molar-refractivity contribution in [3.8, 4) is 74.1 Å². The number of nitrogens with two attached hydrogens (primary N) is 1. The number of likely N-dealkylation sites (N-methyl/N-ethyl adjacent to an activating group) is 8. The van der Waals surface area contributed by atoms with Crippen LogP contribution in [-0.4, -0.2) is 333 Å². The van der Waals surface area contributed by atoms with Crippen LogP contribution in [0.25, 0.3) is 10.4 Å². The number of halogens is 2. The fourth-order valence-electron chi connectivity index (χ4n) is 10.0. The monoisotopic (exact) mass is 1890 g/mol. The van der Waals surface area contributed by atoms with Crippen molar-refractivity contribution in [3.63, 3.8) is 0 Å². The number of thioether (sulfide) groups is 3. The lowest BCUT2D eigenvalue weighted by Crippen LogP contribution is -2.48. The number of aromatic nitrogens is 3. The van der Waals surface area contributed by atoms with Gasteiger partial charge >= 0.3 is 5.97 Å². The summed E-state index contributed by atoms with van der Waals surface area (Å²) in [4.78, 5) is 226. The summed E-state index contributed by atoms with van der Waals surface area (Å²) in [5.41, 5.74) is 13.2. The number of carbonyl (C=O) groups excluding carboxylic acids is 18. The molecule has 18 amide bonds. The summed E-state index contributed by atoms with van der Waals surface area (Å²) in [6, 6.07) is -4.76. The Hall–Kier alpha value is -12.4. The maximum atomic E-state index is 12.4. The topological polar surface area (TPSA) is 607 Å². The highest BCUT2D eigenvalue weighted by atomic mass is 32.4. The minimum absolute atomic E-state index is 0.0110. The molecule has 4 aliphatic rings. The average Bonchev–Trinajstić information content (AvgIpc) is 1.70. The largest absolute Gasteiger partial charge is 0.480 e. The number of nitrogens with zero attached hydrogens (tertiary/aromatic N) is 10. The fourth-order valence-corrected chi connectivity index (χ4v) is 12.0. The molecule has 4 aliphatic heterocycles. The number of carboxylic acid groups (broad SMARTS) is 1. The molecule has 10 atom stereocenters. The number of likely N-dealkylation sites (tertiary alicyclic amines) is 3. The second kappa shape index (κ2) is 72.7. The van der Waals surface area contributed by atoms with Gasteiger partial charge in [0.1, 0.15) is 38.2 Å². The van der Waals surface area contributed by atoms with E-state index in [0.717, 1.165) is 31.8 Å². The Morgan fingerprint density at radius 1 is 0.516 bits per heavy atom. The van der Waals surface area contributed by atoms with E-state index < -0.39 is 108 Å². The number of amides is 18. The van der Waals surface area contributed by atoms with Crippen LogP contribution in [0, 0.1) is 74.1 Å². The molecule has 3 unspecified atom stereocenters. The molecular weight excluding hydrogens is 1770 g/mol. The second-order valence-electron chi connectivity index (χ2n) is 25.3. The highest BCUT2D eigenvalue weighted by molar-refractivity contribution is 8.00. The number of aliphatic carboxylic acids is 1. The summed E-state index contributed by atoms with van der Waals surface area (Å²) in [5.74, 6) is 6.73. The number of imide groups is 4. The van der Waals surface area contributed by atoms with Gasteiger partial charge in [0.15, 0.2) is 0 Å². The first-order chi connectivity index (χ1) is 61.3. The summed E-state index contributed by atoms with van der Waals surface area (Å²) in [5, 5.41) is 47.7. The Kier molecular flexibility index (Phi) is 68.0. The van der Waals surface area contributed by atoms with Crippen LogP contribution in [-0.2, 0) is 116 Å². The molecule has 1 aromatic rings. The molecule has 3 fully saturated rings. The van der Waals surface area contributed by atoms with Crippen LogP contribution in [0.4, 0.5) is 8.78 Å². The minimum atomic E-state index is -0.907. The van der Waals surface area contributed by atoms with Crippen LogP contribution in [0.2, 0.25) is 0 Å². The molecule has 0 aromatic carbocycles. The van der Waals surface area contributed by atoms with Gasteiger partial charge in [-0.3, -0.25) is 115 Å². The zero-order valence-corrected chi connectivity index (χ0v) is 76.8. The van der Waals surface area contributed by atoms with Crippen molar-refractivity contribution in [2.24, 2.45) is 10.8 Å². The summed E-state index contributed by atoms with van der Waals surface area (Å²) in [7, 11) is 12.4. The van der Waals surface area contributed by atoms with Crippen molar-refractivity contribution < 1.29 is 105 Å². The quantitative estimate of drug-likeness (QED) is 0.00738. The first kappa shape index (κ1) is 120. The Morgan fingerprint density at radius 3 is 1.07 bits per heavy atom. The Balaban J connectivity index is -0.000000717. The van der Waals surface area contributed by atoms with Crippen LogP contribution in [0.3, 0.4) is 0 Å². The highest BCUT2D eigenvalue weighted by Crippen LogP contribution is 2.25. The molecular formula is C78H112F2N23O20PS4.